The molecule has 3 fully saturated rings. The number of hydrogen-bond donors (Lipinski definition) is 16. The van der Waals surface area contributed by atoms with Crippen LogP contribution >= 0.6 is 0 Å². The monoisotopic (exact) mass is 1130 g/mol. The molecule has 69 heavy (non-hydrogen) atoms. The molecule has 16 N–H and O–H groups in total. The van der Waals surface area contributed by atoms with E-state index < -0.39 is 207 Å². The van der Waals surface area contributed by atoms with Crippen LogP contribution in [-0.4, -0.2) is 249 Å². The number of nitrogens with one attached hydrogen (secondary N) is 4. The molecule has 0 amide bonds. The molecule has 0 saturated carbocycles. The van der Waals surface area contributed by atoms with Crippen molar-refractivity contribution >= 4 is 73.4 Å². The lowest BCUT2D eigenvalue weighted by Gasteiger charge is -2.48. The molecule has 4 rings (SSSR count). The van der Waals surface area contributed by atoms with Gasteiger partial charge in [-0.25, -0.2) is 9.59 Å². The highest BCUT2D eigenvalue weighted by Gasteiger charge is 2.56. The molecule has 4 aliphatic rings. The van der Waals surface area contributed by atoms with Crippen molar-refractivity contribution in [1.29, 1.82) is 0 Å². The largest absolute Gasteiger partial charge is 0.479 e. The van der Waals surface area contributed by atoms with Crippen molar-refractivity contribution in [3.63, 3.8) is 0 Å². The van der Waals surface area contributed by atoms with Gasteiger partial charge in [0.25, 0.3) is 20.2 Å². The molecule has 0 aromatic heterocycles. The number of aliphatic hydroxyl groups excluding tert-OH is 4. The fourth-order valence-electron chi connectivity index (χ4n) is 7.34. The summed E-state index contributed by atoms with van der Waals surface area (Å²) >= 11 is 0. The molecule has 0 radical (unpaired) electrons. The van der Waals surface area contributed by atoms with Crippen molar-refractivity contribution in [3.05, 3.63) is 11.8 Å². The first kappa shape index (κ1) is 58.9. The minimum atomic E-state index is -5.63. The van der Waals surface area contributed by atoms with Crippen LogP contribution in [0.5, 0.6) is 0 Å². The summed E-state index contributed by atoms with van der Waals surface area (Å²) in [7, 11) is -32.4. The summed E-state index contributed by atoms with van der Waals surface area (Å²) < 4.78 is 244. The van der Waals surface area contributed by atoms with Gasteiger partial charge in [0, 0.05) is 0 Å². The maximum Gasteiger partial charge on any atom is 0.371 e. The standard InChI is InChI=1S/C26H44N4O33S6/c1-6-12(27-66(45,46)47)16(32)19(10(58-6)4-64(39,40)41)62-26-15(30-69(54,55)56)18(34)21(22(63-26)24(37)38)57-3-9-14(29-68(51,52)53)17(33)20(11(59-9)5-65(42,43)44)61-25-13(28-67(48,49)50)7(31)2-8(60-25)23(35)36/h2,6-7,9-22,25-34H,3-5H2,1H3,(H,35,36)(H,37,38)(H,39,40,41)(H,42,43,44)(H,45,46,47)(H,48,49,50)(H,51,52,53)(H,54,55,56). The van der Waals surface area contributed by atoms with Gasteiger partial charge in [-0.15, -0.1) is 0 Å². The minimum Gasteiger partial charge on any atom is -0.479 e. The van der Waals surface area contributed by atoms with Crippen molar-refractivity contribution in [2.24, 2.45) is 0 Å². The second-order valence-corrected chi connectivity index (χ2v) is 22.8. The lowest BCUT2D eigenvalue weighted by Crippen LogP contribution is -2.70. The van der Waals surface area contributed by atoms with Gasteiger partial charge >= 0.3 is 53.2 Å². The Kier molecular flexibility index (Phi) is 18.7. The Morgan fingerprint density at radius 1 is 0.565 bits per heavy atom. The molecule has 0 aliphatic carbocycles. The van der Waals surface area contributed by atoms with Gasteiger partial charge in [0.05, 0.1) is 30.9 Å². The van der Waals surface area contributed by atoms with Crippen LogP contribution in [0.3, 0.4) is 0 Å². The maximum absolute atomic E-state index is 12.6. The van der Waals surface area contributed by atoms with Gasteiger partial charge in [-0.3, -0.25) is 27.3 Å². The molecule has 4 aliphatic heterocycles. The average Bonchev–Trinajstić information content (AvgIpc) is 3.13. The van der Waals surface area contributed by atoms with Gasteiger partial charge in [-0.1, -0.05) is 0 Å². The predicted molar refractivity (Wildman–Crippen MR) is 210 cm³/mol. The van der Waals surface area contributed by atoms with Crippen molar-refractivity contribution in [1.82, 2.24) is 18.9 Å². The van der Waals surface area contributed by atoms with Gasteiger partial charge in [0.15, 0.2) is 12.4 Å². The first-order valence-corrected chi connectivity index (χ1v) is 27.5. The van der Waals surface area contributed by atoms with Gasteiger partial charge < -0.3 is 63.8 Å². The van der Waals surface area contributed by atoms with Gasteiger partial charge in [-0.2, -0.15) is 69.4 Å². The van der Waals surface area contributed by atoms with Crippen molar-refractivity contribution in [3.8, 4) is 0 Å². The molecule has 43 heteroatoms. The third kappa shape index (κ3) is 17.0. The van der Waals surface area contributed by atoms with Gasteiger partial charge in [-0.05, 0) is 13.0 Å². The average molecular weight is 1130 g/mol. The van der Waals surface area contributed by atoms with Gasteiger partial charge in [0.2, 0.25) is 12.0 Å². The third-order valence-electron chi connectivity index (χ3n) is 9.97. The zero-order valence-corrected chi connectivity index (χ0v) is 38.9. The summed E-state index contributed by atoms with van der Waals surface area (Å²) in [5, 5.41) is 64.1. The summed E-state index contributed by atoms with van der Waals surface area (Å²) in [6.07, 6.45) is -33.8. The summed E-state index contributed by atoms with van der Waals surface area (Å²) in [5.41, 5.74) is 0. The highest BCUT2D eigenvalue weighted by atomic mass is 32.3. The first-order chi connectivity index (χ1) is 31.1. The van der Waals surface area contributed by atoms with E-state index in [0.29, 0.717) is 6.08 Å². The van der Waals surface area contributed by atoms with Crippen LogP contribution < -0.4 is 18.9 Å². The first-order valence-electron chi connectivity index (χ1n) is 18.5. The molecule has 18 atom stereocenters. The van der Waals surface area contributed by atoms with Crippen LogP contribution in [-0.2, 0) is 104 Å². The lowest BCUT2D eigenvalue weighted by molar-refractivity contribution is -0.310. The number of hydrogen-bond acceptors (Lipinski definition) is 25. The second-order valence-electron chi connectivity index (χ2n) is 15.1. The smallest absolute Gasteiger partial charge is 0.371 e. The van der Waals surface area contributed by atoms with E-state index in [-0.39, 0.29) is 0 Å². The molecule has 3 saturated heterocycles. The fraction of sp³-hybridized carbons (Fsp3) is 0.846. The number of aliphatic hydroxyl groups is 4. The van der Waals surface area contributed by atoms with E-state index in [9.17, 15) is 118 Å². The van der Waals surface area contributed by atoms with Crippen LogP contribution in [0, 0.1) is 0 Å². The topological polar surface area (TPSA) is 594 Å². The van der Waals surface area contributed by atoms with Crippen LogP contribution in [0.15, 0.2) is 11.8 Å². The van der Waals surface area contributed by atoms with E-state index in [1.165, 1.54) is 18.9 Å². The number of ether oxygens (including phenoxy) is 7. The third-order valence-corrected chi connectivity index (χ3v) is 13.7. The molecule has 402 valence electrons. The molecular weight excluding hydrogens is 1090 g/mol. The van der Waals surface area contributed by atoms with Crippen LogP contribution in [0.1, 0.15) is 6.92 Å². The maximum atomic E-state index is 12.6. The summed E-state index contributed by atoms with van der Waals surface area (Å²) in [5.74, 6) is -8.60. The molecule has 0 spiro atoms. The number of carboxylic acids is 2. The predicted octanol–water partition coefficient (Wildman–Crippen LogP) is -9.91. The number of aliphatic carboxylic acids is 2. The number of carbonyl (C=O) groups is 2. The Morgan fingerprint density at radius 2 is 0.986 bits per heavy atom. The molecule has 4 heterocycles. The lowest BCUT2D eigenvalue weighted by atomic mass is 9.92. The van der Waals surface area contributed by atoms with Gasteiger partial charge in [0.1, 0.15) is 78.5 Å². The summed E-state index contributed by atoms with van der Waals surface area (Å²) in [6, 6.07) is -9.39. The van der Waals surface area contributed by atoms with Crippen molar-refractivity contribution in [2.45, 2.75) is 117 Å². The van der Waals surface area contributed by atoms with Crippen molar-refractivity contribution in [2.75, 3.05) is 18.1 Å². The molecule has 18 unspecified atom stereocenters. The van der Waals surface area contributed by atoms with E-state index in [2.05, 4.69) is 0 Å². The number of rotatable bonds is 21. The Hall–Kier alpha value is -2.62. The second kappa shape index (κ2) is 21.8. The zero-order valence-electron chi connectivity index (χ0n) is 34.0. The highest BCUT2D eigenvalue weighted by molar-refractivity contribution is 7.86. The van der Waals surface area contributed by atoms with Crippen LogP contribution in [0.25, 0.3) is 0 Å². The Balaban J connectivity index is 1.74. The number of carboxylic acid groups (broad SMARTS) is 2. The van der Waals surface area contributed by atoms with Crippen molar-refractivity contribution < 1.29 is 151 Å². The fourth-order valence-corrected chi connectivity index (χ4v) is 11.2. The highest BCUT2D eigenvalue weighted by Crippen LogP contribution is 2.34. The SMILES string of the molecule is CC1OC(CS(=O)(=O)O)C(OC2OC(C(=O)O)C(OCC3OC(CS(=O)(=O)O)C(OC4OC(C(=O)O)=CC(O)C4NS(=O)(=O)O)C(O)C3NS(=O)(=O)O)C(O)C2NS(=O)(=O)O)C(O)C1NS(=O)(=O)O. The Bertz CT molecular complexity index is 2600. The molecule has 0 aromatic rings. The van der Waals surface area contributed by atoms with Crippen LogP contribution in [0.4, 0.5) is 0 Å². The molecule has 0 aromatic carbocycles. The van der Waals surface area contributed by atoms with E-state index in [1.54, 1.807) is 0 Å². The Morgan fingerprint density at radius 3 is 1.45 bits per heavy atom. The summed E-state index contributed by atoms with van der Waals surface area (Å²) in [6.45, 7) is -0.470. The van der Waals surface area contributed by atoms with E-state index in [0.717, 1.165) is 6.92 Å². The van der Waals surface area contributed by atoms with E-state index >= 15 is 0 Å². The van der Waals surface area contributed by atoms with E-state index in [4.69, 9.17) is 33.2 Å². The quantitative estimate of drug-likeness (QED) is 0.0475. The van der Waals surface area contributed by atoms with Crippen LogP contribution in [0.2, 0.25) is 0 Å². The molecular formula is C26H44N4O33S6. The minimum absolute atomic E-state index is 0.373. The normalized spacial score (nSPS) is 37.6. The van der Waals surface area contributed by atoms with E-state index in [1.807, 2.05) is 0 Å². The molecule has 37 nitrogen and oxygen atoms in total. The molecule has 0 bridgehead atoms. The Labute approximate surface area is 389 Å². The zero-order chi connectivity index (χ0) is 52.7. The summed E-state index contributed by atoms with van der Waals surface area (Å²) in [4.78, 5) is 24.3.